The molecule has 0 aromatic heterocycles. The molecule has 24 heavy (non-hydrogen) atoms. The van der Waals surface area contributed by atoms with E-state index in [2.05, 4.69) is 54.6 Å². The summed E-state index contributed by atoms with van der Waals surface area (Å²) in [5.41, 5.74) is 4.05. The molecule has 0 aliphatic rings. The largest absolute Gasteiger partial charge is 0.382 e. The smallest absolute Gasteiger partial charge is 0.191 e. The van der Waals surface area contributed by atoms with E-state index >= 15 is 0 Å². The van der Waals surface area contributed by atoms with Crippen LogP contribution in [-0.2, 0) is 15.9 Å². The van der Waals surface area contributed by atoms with Gasteiger partial charge in [-0.2, -0.15) is 0 Å². The zero-order valence-corrected chi connectivity index (χ0v) is 15.7. The molecule has 0 fully saturated rings. The molecule has 5 nitrogen and oxygen atoms in total. The Labute approximate surface area is 146 Å². The highest BCUT2D eigenvalue weighted by Gasteiger charge is 2.01. The van der Waals surface area contributed by atoms with E-state index in [0.29, 0.717) is 13.2 Å². The fourth-order valence-corrected chi connectivity index (χ4v) is 2.39. The van der Waals surface area contributed by atoms with E-state index in [1.165, 1.54) is 16.7 Å². The van der Waals surface area contributed by atoms with Crippen molar-refractivity contribution in [1.82, 2.24) is 10.6 Å². The zero-order valence-electron chi connectivity index (χ0n) is 15.7. The van der Waals surface area contributed by atoms with Crippen LogP contribution >= 0.6 is 0 Å². The minimum absolute atomic E-state index is 0.645. The number of hydrogen-bond donors (Lipinski definition) is 2. The third kappa shape index (κ3) is 8.89. The number of aryl methyl sites for hydroxylation is 2. The maximum Gasteiger partial charge on any atom is 0.191 e. The second-order valence-electron chi connectivity index (χ2n) is 5.83. The van der Waals surface area contributed by atoms with E-state index in [4.69, 9.17) is 9.47 Å². The number of methoxy groups -OCH3 is 1. The van der Waals surface area contributed by atoms with Crippen molar-refractivity contribution >= 4 is 5.96 Å². The summed E-state index contributed by atoms with van der Waals surface area (Å²) in [6.45, 7) is 10.9. The van der Waals surface area contributed by atoms with Gasteiger partial charge in [-0.25, -0.2) is 0 Å². The normalized spacial score (nSPS) is 11.6. The van der Waals surface area contributed by atoms with Crippen LogP contribution in [0.5, 0.6) is 0 Å². The van der Waals surface area contributed by atoms with Crippen LogP contribution in [0.2, 0.25) is 0 Å². The average molecular weight is 335 g/mol. The number of aliphatic imine (C=N–C) groups is 1. The second-order valence-corrected chi connectivity index (χ2v) is 5.83. The fourth-order valence-electron chi connectivity index (χ4n) is 2.39. The van der Waals surface area contributed by atoms with Gasteiger partial charge in [-0.1, -0.05) is 23.8 Å². The molecule has 0 aliphatic carbocycles. The minimum atomic E-state index is 0.645. The SMILES string of the molecule is CCNC(=NCCCOCCOC)NCCc1ccc(C)cc1C. The summed E-state index contributed by atoms with van der Waals surface area (Å²) in [6, 6.07) is 6.62. The molecule has 5 heteroatoms. The molecular formula is C19H33N3O2. The van der Waals surface area contributed by atoms with Gasteiger partial charge in [-0.3, -0.25) is 4.99 Å². The number of ether oxygens (including phenoxy) is 2. The van der Waals surface area contributed by atoms with Gasteiger partial charge in [0.25, 0.3) is 0 Å². The van der Waals surface area contributed by atoms with E-state index in [0.717, 1.165) is 45.0 Å². The van der Waals surface area contributed by atoms with Crippen molar-refractivity contribution in [3.8, 4) is 0 Å². The molecule has 0 heterocycles. The number of nitrogens with zero attached hydrogens (tertiary/aromatic N) is 1. The molecule has 136 valence electrons. The predicted molar refractivity (Wildman–Crippen MR) is 101 cm³/mol. The predicted octanol–water partition coefficient (Wildman–Crippen LogP) is 2.45. The number of guanidine groups is 1. The van der Waals surface area contributed by atoms with Crippen LogP contribution < -0.4 is 10.6 Å². The number of rotatable bonds is 11. The summed E-state index contributed by atoms with van der Waals surface area (Å²) in [5.74, 6) is 0.874. The van der Waals surface area contributed by atoms with Crippen molar-refractivity contribution in [3.63, 3.8) is 0 Å². The highest BCUT2D eigenvalue weighted by Crippen LogP contribution is 2.10. The molecular weight excluding hydrogens is 302 g/mol. The van der Waals surface area contributed by atoms with Gasteiger partial charge in [0, 0.05) is 33.4 Å². The summed E-state index contributed by atoms with van der Waals surface area (Å²) in [7, 11) is 1.68. The lowest BCUT2D eigenvalue weighted by molar-refractivity contribution is 0.0702. The van der Waals surface area contributed by atoms with Crippen molar-refractivity contribution in [2.75, 3.05) is 46.6 Å². The molecule has 0 radical (unpaired) electrons. The topological polar surface area (TPSA) is 54.9 Å². The lowest BCUT2D eigenvalue weighted by Crippen LogP contribution is -2.38. The monoisotopic (exact) mass is 335 g/mol. The maximum atomic E-state index is 5.44. The number of nitrogens with one attached hydrogen (secondary N) is 2. The summed E-state index contributed by atoms with van der Waals surface area (Å²) in [4.78, 5) is 4.58. The molecule has 1 aromatic rings. The summed E-state index contributed by atoms with van der Waals surface area (Å²) in [6.07, 6.45) is 1.91. The summed E-state index contributed by atoms with van der Waals surface area (Å²) < 4.78 is 10.4. The van der Waals surface area contributed by atoms with E-state index in [1.807, 2.05) is 0 Å². The molecule has 0 bridgehead atoms. The standard InChI is InChI=1S/C19H33N3O2/c1-5-20-19(21-10-6-12-24-14-13-23-4)22-11-9-18-8-7-16(2)15-17(18)3/h7-8,15H,5-6,9-14H2,1-4H3,(H2,20,21,22). The maximum absolute atomic E-state index is 5.44. The molecule has 0 atom stereocenters. The van der Waals surface area contributed by atoms with Gasteiger partial charge in [0.15, 0.2) is 5.96 Å². The lowest BCUT2D eigenvalue weighted by Gasteiger charge is -2.12. The first kappa shape index (κ1) is 20.5. The van der Waals surface area contributed by atoms with E-state index in [9.17, 15) is 0 Å². The van der Waals surface area contributed by atoms with Gasteiger partial charge in [-0.05, 0) is 44.7 Å². The van der Waals surface area contributed by atoms with Crippen LogP contribution in [0, 0.1) is 13.8 Å². The molecule has 2 N–H and O–H groups in total. The molecule has 0 unspecified atom stereocenters. The van der Waals surface area contributed by atoms with Gasteiger partial charge < -0.3 is 20.1 Å². The third-order valence-electron chi connectivity index (χ3n) is 3.68. The molecule has 0 saturated carbocycles. The van der Waals surface area contributed by atoms with Crippen LogP contribution in [0.25, 0.3) is 0 Å². The molecule has 0 saturated heterocycles. The molecule has 1 aromatic carbocycles. The minimum Gasteiger partial charge on any atom is -0.382 e. The lowest BCUT2D eigenvalue weighted by atomic mass is 10.0. The first-order valence-electron chi connectivity index (χ1n) is 8.82. The van der Waals surface area contributed by atoms with Crippen LogP contribution in [0.15, 0.2) is 23.2 Å². The highest BCUT2D eigenvalue weighted by molar-refractivity contribution is 5.79. The fraction of sp³-hybridized carbons (Fsp3) is 0.632. The Bertz CT molecular complexity index is 490. The van der Waals surface area contributed by atoms with Crippen LogP contribution in [0.1, 0.15) is 30.0 Å². The second kappa shape index (κ2) is 12.8. The number of benzene rings is 1. The Kier molecular flexibility index (Phi) is 10.9. The van der Waals surface area contributed by atoms with Gasteiger partial charge >= 0.3 is 0 Å². The third-order valence-corrected chi connectivity index (χ3v) is 3.68. The average Bonchev–Trinajstić information content (AvgIpc) is 2.56. The van der Waals surface area contributed by atoms with Crippen LogP contribution in [-0.4, -0.2) is 52.5 Å². The Balaban J connectivity index is 2.30. The van der Waals surface area contributed by atoms with Gasteiger partial charge in [0.1, 0.15) is 0 Å². The Hall–Kier alpha value is -1.59. The van der Waals surface area contributed by atoms with Crippen LogP contribution in [0.3, 0.4) is 0 Å². The quantitative estimate of drug-likeness (QED) is 0.370. The number of hydrogen-bond acceptors (Lipinski definition) is 3. The highest BCUT2D eigenvalue weighted by atomic mass is 16.5. The zero-order chi connectivity index (χ0) is 17.6. The van der Waals surface area contributed by atoms with Crippen molar-refractivity contribution in [1.29, 1.82) is 0 Å². The van der Waals surface area contributed by atoms with E-state index in [1.54, 1.807) is 7.11 Å². The Morgan fingerprint density at radius 1 is 1.12 bits per heavy atom. The Morgan fingerprint density at radius 3 is 2.67 bits per heavy atom. The first-order valence-corrected chi connectivity index (χ1v) is 8.82. The first-order chi connectivity index (χ1) is 11.7. The van der Waals surface area contributed by atoms with Gasteiger partial charge in [0.2, 0.25) is 0 Å². The molecule has 0 amide bonds. The van der Waals surface area contributed by atoms with E-state index < -0.39 is 0 Å². The van der Waals surface area contributed by atoms with E-state index in [-0.39, 0.29) is 0 Å². The van der Waals surface area contributed by atoms with Crippen molar-refractivity contribution in [2.24, 2.45) is 4.99 Å². The Morgan fingerprint density at radius 2 is 1.96 bits per heavy atom. The van der Waals surface area contributed by atoms with Crippen LogP contribution in [0.4, 0.5) is 0 Å². The van der Waals surface area contributed by atoms with Crippen molar-refractivity contribution in [2.45, 2.75) is 33.6 Å². The molecule has 1 rings (SSSR count). The van der Waals surface area contributed by atoms with Crippen molar-refractivity contribution < 1.29 is 9.47 Å². The van der Waals surface area contributed by atoms with Gasteiger partial charge in [-0.15, -0.1) is 0 Å². The molecule has 0 spiro atoms. The summed E-state index contributed by atoms with van der Waals surface area (Å²) in [5, 5.41) is 6.68. The molecule has 0 aliphatic heterocycles. The summed E-state index contributed by atoms with van der Waals surface area (Å²) >= 11 is 0. The van der Waals surface area contributed by atoms with Gasteiger partial charge in [0.05, 0.1) is 13.2 Å². The van der Waals surface area contributed by atoms with Crippen molar-refractivity contribution in [3.05, 3.63) is 34.9 Å².